The molecule has 2 heterocycles. The smallest absolute Gasteiger partial charge is 0.356 e. The summed E-state index contributed by atoms with van der Waals surface area (Å²) >= 11 is 1.35. The van der Waals surface area contributed by atoms with Crippen LogP contribution in [-0.4, -0.2) is 55.1 Å². The Balaban J connectivity index is 2.34. The number of amides is 1. The summed E-state index contributed by atoms with van der Waals surface area (Å²) in [6.45, 7) is 15.5. The lowest BCUT2D eigenvalue weighted by molar-refractivity contribution is -0.174. The number of aliphatic hydroxyl groups excluding tert-OH is 1. The number of hydrogen-bond acceptors (Lipinski definition) is 6. The lowest BCUT2D eigenvalue weighted by Gasteiger charge is -2.56. The second kappa shape index (κ2) is 7.50. The van der Waals surface area contributed by atoms with E-state index >= 15 is 0 Å². The molecule has 2 aliphatic rings. The van der Waals surface area contributed by atoms with Gasteiger partial charge < -0.3 is 14.3 Å². The van der Waals surface area contributed by atoms with E-state index in [0.29, 0.717) is 4.91 Å². The first kappa shape index (κ1) is 21.2. The predicted octanol–water partition coefficient (Wildman–Crippen LogP) is 2.52. The molecule has 0 spiro atoms. The highest BCUT2D eigenvalue weighted by Gasteiger charge is 2.65. The molecule has 0 saturated carbocycles. The van der Waals surface area contributed by atoms with Gasteiger partial charge in [0.05, 0.1) is 18.1 Å². The zero-order chi connectivity index (χ0) is 19.9. The van der Waals surface area contributed by atoms with Crippen LogP contribution in [0.2, 0.25) is 13.1 Å². The number of carbonyl (C=O) groups excluding carboxylic acids is 2. The molecule has 0 aromatic heterocycles. The minimum absolute atomic E-state index is 0.0576. The first-order chi connectivity index (χ1) is 12.0. The molecule has 1 amide bonds. The van der Waals surface area contributed by atoms with E-state index in [0.717, 1.165) is 0 Å². The van der Waals surface area contributed by atoms with E-state index in [2.05, 4.69) is 27.4 Å². The number of nitrogens with zero attached hydrogens (tertiary/aromatic N) is 1. The number of esters is 1. The Hall–Kier alpha value is -1.09. The van der Waals surface area contributed by atoms with Gasteiger partial charge in [-0.25, -0.2) is 4.79 Å². The van der Waals surface area contributed by atoms with Gasteiger partial charge in [-0.15, -0.1) is 0 Å². The Morgan fingerprint density at radius 2 is 2.00 bits per heavy atom. The number of ether oxygens (including phenoxy) is 1. The van der Waals surface area contributed by atoms with Crippen molar-refractivity contribution in [2.75, 3.05) is 13.2 Å². The summed E-state index contributed by atoms with van der Waals surface area (Å²) in [5.74, 6) is -1.15. The van der Waals surface area contributed by atoms with E-state index in [1.807, 2.05) is 20.0 Å². The number of aliphatic hydroxyl groups is 1. The van der Waals surface area contributed by atoms with Crippen LogP contribution in [0.4, 0.5) is 0 Å². The molecule has 8 heteroatoms. The van der Waals surface area contributed by atoms with Gasteiger partial charge in [0.15, 0.2) is 0 Å². The molecular formula is C18H28NO5SSi. The molecule has 26 heavy (non-hydrogen) atoms. The van der Waals surface area contributed by atoms with Gasteiger partial charge in [0.1, 0.15) is 17.7 Å². The topological polar surface area (TPSA) is 76.1 Å². The summed E-state index contributed by atoms with van der Waals surface area (Å²) in [6, 6.07) is 0. The van der Waals surface area contributed by atoms with Crippen molar-refractivity contribution in [1.82, 2.24) is 4.90 Å². The molecule has 2 aliphatic heterocycles. The quantitative estimate of drug-likeness (QED) is 0.307. The summed E-state index contributed by atoms with van der Waals surface area (Å²) in [4.78, 5) is 27.4. The van der Waals surface area contributed by atoms with Crippen LogP contribution in [0.1, 0.15) is 27.7 Å². The first-order valence-corrected chi connectivity index (χ1v) is 11.9. The maximum atomic E-state index is 13.1. The average Bonchev–Trinajstić information content (AvgIpc) is 2.85. The van der Waals surface area contributed by atoms with Crippen molar-refractivity contribution in [1.29, 1.82) is 0 Å². The van der Waals surface area contributed by atoms with E-state index in [-0.39, 0.29) is 35.6 Å². The SMILES string of the molecule is C=CCOC(=O)C1=C(CO)SC2C(C(C)(O[Si](C)C)C(C)(C)C)C(=O)N12. The Labute approximate surface area is 161 Å². The lowest BCUT2D eigenvalue weighted by atomic mass is 9.66. The predicted molar refractivity (Wildman–Crippen MR) is 103 cm³/mol. The maximum Gasteiger partial charge on any atom is 0.356 e. The number of rotatable bonds is 7. The Morgan fingerprint density at radius 1 is 1.38 bits per heavy atom. The zero-order valence-corrected chi connectivity index (χ0v) is 18.1. The minimum Gasteiger partial charge on any atom is -0.457 e. The van der Waals surface area contributed by atoms with Crippen LogP contribution in [-0.2, 0) is 18.8 Å². The van der Waals surface area contributed by atoms with Crippen molar-refractivity contribution in [2.45, 2.75) is 51.8 Å². The fraction of sp³-hybridized carbons (Fsp3) is 0.667. The fourth-order valence-corrected chi connectivity index (χ4v) is 6.07. The molecule has 3 unspecified atom stereocenters. The van der Waals surface area contributed by atoms with Crippen molar-refractivity contribution in [3.63, 3.8) is 0 Å². The van der Waals surface area contributed by atoms with Crippen LogP contribution in [0.5, 0.6) is 0 Å². The van der Waals surface area contributed by atoms with Crippen molar-refractivity contribution in [3.05, 3.63) is 23.3 Å². The van der Waals surface area contributed by atoms with Crippen molar-refractivity contribution < 1.29 is 23.9 Å². The van der Waals surface area contributed by atoms with Gasteiger partial charge in [-0.3, -0.25) is 9.69 Å². The van der Waals surface area contributed by atoms with Gasteiger partial charge in [-0.2, -0.15) is 0 Å². The van der Waals surface area contributed by atoms with Crippen molar-refractivity contribution >= 4 is 32.7 Å². The maximum absolute atomic E-state index is 13.1. The lowest BCUT2D eigenvalue weighted by Crippen LogP contribution is -2.69. The van der Waals surface area contributed by atoms with E-state index in [1.165, 1.54) is 22.7 Å². The second-order valence-corrected chi connectivity index (χ2v) is 11.1. The molecule has 3 atom stereocenters. The molecule has 1 radical (unpaired) electrons. The Kier molecular flexibility index (Phi) is 6.12. The number of β-lactam (4-membered cyclic amide) rings is 1. The van der Waals surface area contributed by atoms with E-state index < -0.39 is 26.5 Å². The summed E-state index contributed by atoms with van der Waals surface area (Å²) in [7, 11) is -1.05. The van der Waals surface area contributed by atoms with Crippen molar-refractivity contribution in [2.24, 2.45) is 11.3 Å². The van der Waals surface area contributed by atoms with Crippen LogP contribution < -0.4 is 0 Å². The van der Waals surface area contributed by atoms with Gasteiger partial charge in [-0.05, 0) is 25.4 Å². The molecule has 6 nitrogen and oxygen atoms in total. The molecule has 145 valence electrons. The molecule has 0 bridgehead atoms. The first-order valence-electron chi connectivity index (χ1n) is 8.60. The normalized spacial score (nSPS) is 25.1. The number of fused-ring (bicyclic) bond motifs is 1. The summed E-state index contributed by atoms with van der Waals surface area (Å²) in [5.41, 5.74) is -0.787. The van der Waals surface area contributed by atoms with E-state index in [4.69, 9.17) is 9.16 Å². The van der Waals surface area contributed by atoms with Gasteiger partial charge in [0, 0.05) is 4.91 Å². The number of thioether (sulfide) groups is 1. The highest BCUT2D eigenvalue weighted by atomic mass is 32.2. The third kappa shape index (κ3) is 3.39. The zero-order valence-electron chi connectivity index (χ0n) is 16.3. The number of carbonyl (C=O) groups is 2. The molecule has 0 aliphatic carbocycles. The monoisotopic (exact) mass is 398 g/mol. The molecular weight excluding hydrogens is 370 g/mol. The van der Waals surface area contributed by atoms with Gasteiger partial charge in [0.2, 0.25) is 14.9 Å². The van der Waals surface area contributed by atoms with Gasteiger partial charge in [0.25, 0.3) is 0 Å². The molecule has 0 aromatic rings. The molecule has 1 saturated heterocycles. The molecule has 0 aromatic carbocycles. The summed E-state index contributed by atoms with van der Waals surface area (Å²) in [6.07, 6.45) is 1.47. The highest BCUT2D eigenvalue weighted by Crippen LogP contribution is 2.56. The average molecular weight is 399 g/mol. The standard InChI is InChI=1S/C18H28NO5SSi/c1-8-9-23-16(22)13-11(10-20)25-15-12(14(21)19(13)15)18(5,17(2,3)4)24-26(6)7/h8,12,15,20H,1,9-10H2,2-7H3. The minimum atomic E-state index is -1.05. The second-order valence-electron chi connectivity index (χ2n) is 7.88. The molecule has 2 rings (SSSR count). The number of hydrogen-bond donors (Lipinski definition) is 1. The van der Waals surface area contributed by atoms with Crippen molar-refractivity contribution in [3.8, 4) is 0 Å². The summed E-state index contributed by atoms with van der Waals surface area (Å²) in [5, 5.41) is 9.42. The van der Waals surface area contributed by atoms with Crippen LogP contribution in [0.3, 0.4) is 0 Å². The van der Waals surface area contributed by atoms with Crippen LogP contribution in [0, 0.1) is 11.3 Å². The Morgan fingerprint density at radius 3 is 2.46 bits per heavy atom. The van der Waals surface area contributed by atoms with Gasteiger partial charge in [-0.1, -0.05) is 45.2 Å². The van der Waals surface area contributed by atoms with Crippen LogP contribution >= 0.6 is 11.8 Å². The summed E-state index contributed by atoms with van der Waals surface area (Å²) < 4.78 is 11.4. The third-order valence-corrected chi connectivity index (χ3v) is 7.14. The van der Waals surface area contributed by atoms with Crippen LogP contribution in [0.15, 0.2) is 23.3 Å². The third-order valence-electron chi connectivity index (χ3n) is 4.98. The Bertz CT molecular complexity index is 642. The highest BCUT2D eigenvalue weighted by molar-refractivity contribution is 8.04. The molecule has 1 N–H and O–H groups in total. The largest absolute Gasteiger partial charge is 0.457 e. The van der Waals surface area contributed by atoms with Crippen LogP contribution in [0.25, 0.3) is 0 Å². The van der Waals surface area contributed by atoms with Gasteiger partial charge >= 0.3 is 5.97 Å². The molecule has 1 fully saturated rings. The van der Waals surface area contributed by atoms with E-state index in [1.54, 1.807) is 0 Å². The van der Waals surface area contributed by atoms with E-state index in [9.17, 15) is 14.7 Å². The fourth-order valence-electron chi connectivity index (χ4n) is 3.30.